The minimum Gasteiger partial charge on any atom is -0.324 e. The third-order valence-corrected chi connectivity index (χ3v) is 5.28. The summed E-state index contributed by atoms with van der Waals surface area (Å²) in [7, 11) is -3.96. The van der Waals surface area contributed by atoms with Crippen LogP contribution in [-0.2, 0) is 14.8 Å². The van der Waals surface area contributed by atoms with Gasteiger partial charge in [-0.25, -0.2) is 12.8 Å². The number of nitro groups is 1. The lowest BCUT2D eigenvalue weighted by atomic mass is 10.1. The maximum Gasteiger partial charge on any atom is 0.271 e. The number of benzene rings is 2. The molecule has 0 aliphatic rings. The van der Waals surface area contributed by atoms with Gasteiger partial charge in [-0.05, 0) is 30.7 Å². The molecule has 0 aromatic heterocycles. The Kier molecular flexibility index (Phi) is 6.57. The highest BCUT2D eigenvalue weighted by molar-refractivity contribution is 7.92. The van der Waals surface area contributed by atoms with Gasteiger partial charge in [0.1, 0.15) is 11.9 Å². The van der Waals surface area contributed by atoms with Crippen LogP contribution in [0, 0.1) is 15.9 Å². The molecule has 0 aliphatic carbocycles. The predicted molar refractivity (Wildman–Crippen MR) is 105 cm³/mol. The van der Waals surface area contributed by atoms with Crippen LogP contribution in [0.15, 0.2) is 42.5 Å². The second kappa shape index (κ2) is 8.53. The Hall–Kier alpha value is -2.72. The summed E-state index contributed by atoms with van der Waals surface area (Å²) >= 11 is 5.69. The molecule has 150 valence electrons. The molecule has 11 heteroatoms. The van der Waals surface area contributed by atoms with E-state index in [1.165, 1.54) is 30.3 Å². The Balaban J connectivity index is 2.42. The van der Waals surface area contributed by atoms with Gasteiger partial charge in [-0.3, -0.25) is 19.2 Å². The molecule has 0 spiro atoms. The number of halogens is 2. The first-order chi connectivity index (χ1) is 13.0. The van der Waals surface area contributed by atoms with Crippen molar-refractivity contribution in [1.82, 2.24) is 0 Å². The van der Waals surface area contributed by atoms with Crippen LogP contribution in [-0.4, -0.2) is 31.5 Å². The molecule has 2 rings (SSSR count). The van der Waals surface area contributed by atoms with Gasteiger partial charge in [0.05, 0.1) is 21.9 Å². The lowest BCUT2D eigenvalue weighted by Gasteiger charge is -2.30. The van der Waals surface area contributed by atoms with Gasteiger partial charge in [0, 0.05) is 17.8 Å². The topological polar surface area (TPSA) is 110 Å². The van der Waals surface area contributed by atoms with E-state index in [9.17, 15) is 27.7 Å². The van der Waals surface area contributed by atoms with Gasteiger partial charge in [0.15, 0.2) is 0 Å². The van der Waals surface area contributed by atoms with Gasteiger partial charge in [-0.15, -0.1) is 0 Å². The van der Waals surface area contributed by atoms with Crippen molar-refractivity contribution in [2.24, 2.45) is 0 Å². The van der Waals surface area contributed by atoms with E-state index >= 15 is 0 Å². The quantitative estimate of drug-likeness (QED) is 0.534. The smallest absolute Gasteiger partial charge is 0.271 e. The highest BCUT2D eigenvalue weighted by Gasteiger charge is 2.32. The third-order valence-electron chi connectivity index (χ3n) is 3.81. The molecular formula is C17H17ClFN3O5S. The summed E-state index contributed by atoms with van der Waals surface area (Å²) in [5, 5.41) is 13.3. The molecule has 0 fully saturated rings. The molecule has 0 bridgehead atoms. The highest BCUT2D eigenvalue weighted by atomic mass is 35.5. The minimum absolute atomic E-state index is 0.0177. The summed E-state index contributed by atoms with van der Waals surface area (Å²) in [4.78, 5) is 23.1. The first-order valence-corrected chi connectivity index (χ1v) is 10.3. The molecule has 0 saturated carbocycles. The van der Waals surface area contributed by atoms with Crippen molar-refractivity contribution in [2.75, 3.05) is 15.9 Å². The van der Waals surface area contributed by atoms with Crippen LogP contribution in [0.1, 0.15) is 13.3 Å². The van der Waals surface area contributed by atoms with E-state index in [1.54, 1.807) is 6.92 Å². The van der Waals surface area contributed by atoms with E-state index in [0.717, 1.165) is 22.7 Å². The first-order valence-electron chi connectivity index (χ1n) is 8.04. The van der Waals surface area contributed by atoms with Gasteiger partial charge in [-0.1, -0.05) is 24.6 Å². The molecule has 1 atom stereocenters. The monoisotopic (exact) mass is 429 g/mol. The molecule has 28 heavy (non-hydrogen) atoms. The number of carbonyl (C=O) groups excluding carboxylic acids is 1. The number of nitrogens with zero attached hydrogens (tertiary/aromatic N) is 2. The van der Waals surface area contributed by atoms with Gasteiger partial charge in [0.2, 0.25) is 15.9 Å². The fourth-order valence-corrected chi connectivity index (χ4v) is 3.99. The molecule has 8 nitrogen and oxygen atoms in total. The average Bonchev–Trinajstić information content (AvgIpc) is 2.61. The normalized spacial score (nSPS) is 12.3. The van der Waals surface area contributed by atoms with Crippen molar-refractivity contribution >= 4 is 44.6 Å². The number of nitro benzene ring substituents is 1. The SMILES string of the molecule is CC[C@@H](C(=O)Nc1ccc(F)c(Cl)c1)N(c1cccc([N+](=O)[O-])c1)S(C)(=O)=O. The molecule has 1 N–H and O–H groups in total. The van der Waals surface area contributed by atoms with E-state index in [-0.39, 0.29) is 28.5 Å². The maximum atomic E-state index is 13.3. The summed E-state index contributed by atoms with van der Waals surface area (Å²) in [6, 6.07) is 7.32. The second-order valence-corrected chi connectivity index (χ2v) is 8.14. The van der Waals surface area contributed by atoms with E-state index in [0.29, 0.717) is 0 Å². The third kappa shape index (κ3) is 4.96. The van der Waals surface area contributed by atoms with Crippen molar-refractivity contribution in [3.8, 4) is 0 Å². The van der Waals surface area contributed by atoms with Gasteiger partial charge in [-0.2, -0.15) is 0 Å². The van der Waals surface area contributed by atoms with Crippen LogP contribution >= 0.6 is 11.6 Å². The van der Waals surface area contributed by atoms with Crippen molar-refractivity contribution < 1.29 is 22.5 Å². The zero-order valence-electron chi connectivity index (χ0n) is 14.9. The zero-order valence-corrected chi connectivity index (χ0v) is 16.5. The molecule has 0 saturated heterocycles. The van der Waals surface area contributed by atoms with Crippen molar-refractivity contribution in [2.45, 2.75) is 19.4 Å². The number of rotatable bonds is 7. The fraction of sp³-hybridized carbons (Fsp3) is 0.235. The van der Waals surface area contributed by atoms with Gasteiger partial charge in [0.25, 0.3) is 5.69 Å². The van der Waals surface area contributed by atoms with Crippen molar-refractivity contribution in [3.05, 3.63) is 63.4 Å². The first kappa shape index (κ1) is 21.6. The van der Waals surface area contributed by atoms with E-state index in [2.05, 4.69) is 5.32 Å². The lowest BCUT2D eigenvalue weighted by molar-refractivity contribution is -0.384. The van der Waals surface area contributed by atoms with Crippen LogP contribution < -0.4 is 9.62 Å². The van der Waals surface area contributed by atoms with E-state index in [1.807, 2.05) is 0 Å². The Bertz CT molecular complexity index is 1020. The number of nitrogens with one attached hydrogen (secondary N) is 1. The number of carbonyl (C=O) groups is 1. The molecule has 2 aromatic rings. The number of hydrogen-bond acceptors (Lipinski definition) is 5. The molecule has 0 unspecified atom stereocenters. The number of sulfonamides is 1. The number of anilines is 2. The average molecular weight is 430 g/mol. The molecule has 0 aliphatic heterocycles. The summed E-state index contributed by atoms with van der Waals surface area (Å²) < 4.78 is 38.9. The van der Waals surface area contributed by atoms with Crippen LogP contribution in [0.2, 0.25) is 5.02 Å². The minimum atomic E-state index is -3.96. The molecular weight excluding hydrogens is 413 g/mol. The van der Waals surface area contributed by atoms with Gasteiger partial charge >= 0.3 is 0 Å². The standard InChI is InChI=1S/C17H17ClFN3O5S/c1-3-16(17(23)20-11-7-8-15(19)14(18)9-11)21(28(2,26)27)12-5-4-6-13(10-12)22(24)25/h4-10,16H,3H2,1-2H3,(H,20,23)/t16-/m0/s1. The van der Waals surface area contributed by atoms with E-state index in [4.69, 9.17) is 11.6 Å². The maximum absolute atomic E-state index is 13.3. The van der Waals surface area contributed by atoms with Crippen LogP contribution in [0.5, 0.6) is 0 Å². The molecule has 1 amide bonds. The van der Waals surface area contributed by atoms with Crippen LogP contribution in [0.25, 0.3) is 0 Å². The Morgan fingerprint density at radius 1 is 1.32 bits per heavy atom. The van der Waals surface area contributed by atoms with Crippen molar-refractivity contribution in [1.29, 1.82) is 0 Å². The van der Waals surface area contributed by atoms with Gasteiger partial charge < -0.3 is 5.32 Å². The molecule has 0 heterocycles. The zero-order chi connectivity index (χ0) is 21.1. The second-order valence-electron chi connectivity index (χ2n) is 5.88. The van der Waals surface area contributed by atoms with Crippen LogP contribution in [0.4, 0.5) is 21.5 Å². The number of hydrogen-bond donors (Lipinski definition) is 1. The highest BCUT2D eigenvalue weighted by Crippen LogP contribution is 2.27. The predicted octanol–water partition coefficient (Wildman–Crippen LogP) is 3.57. The summed E-state index contributed by atoms with van der Waals surface area (Å²) in [6.07, 6.45) is 0.979. The summed E-state index contributed by atoms with van der Waals surface area (Å²) in [5.74, 6) is -1.36. The molecule has 2 aromatic carbocycles. The van der Waals surface area contributed by atoms with Crippen LogP contribution in [0.3, 0.4) is 0 Å². The summed E-state index contributed by atoms with van der Waals surface area (Å²) in [5.41, 5.74) is -0.148. The lowest BCUT2D eigenvalue weighted by Crippen LogP contribution is -2.47. The Morgan fingerprint density at radius 2 is 2.00 bits per heavy atom. The number of non-ortho nitro benzene ring substituents is 1. The van der Waals surface area contributed by atoms with Crippen molar-refractivity contribution in [3.63, 3.8) is 0 Å². The fourth-order valence-electron chi connectivity index (χ4n) is 2.60. The Labute approximate surface area is 166 Å². The van der Waals surface area contributed by atoms with E-state index < -0.39 is 32.7 Å². The number of amides is 1. The summed E-state index contributed by atoms with van der Waals surface area (Å²) in [6.45, 7) is 1.59. The largest absolute Gasteiger partial charge is 0.324 e. The molecule has 0 radical (unpaired) electrons. The Morgan fingerprint density at radius 3 is 2.54 bits per heavy atom.